The van der Waals surface area contributed by atoms with E-state index in [4.69, 9.17) is 0 Å². The molecule has 1 fully saturated rings. The van der Waals surface area contributed by atoms with Crippen LogP contribution in [0.2, 0.25) is 0 Å². The van der Waals surface area contributed by atoms with Crippen LogP contribution >= 0.6 is 11.8 Å². The van der Waals surface area contributed by atoms with Gasteiger partial charge in [0.1, 0.15) is 5.82 Å². The van der Waals surface area contributed by atoms with Gasteiger partial charge in [-0.05, 0) is 43.4 Å². The lowest BCUT2D eigenvalue weighted by atomic mass is 10.2. The number of hydrogen-bond donors (Lipinski definition) is 1. The zero-order valence-electron chi connectivity index (χ0n) is 11.5. The van der Waals surface area contributed by atoms with Crippen molar-refractivity contribution in [3.63, 3.8) is 0 Å². The fourth-order valence-corrected chi connectivity index (χ4v) is 3.04. The van der Waals surface area contributed by atoms with Gasteiger partial charge in [-0.25, -0.2) is 9.78 Å². The predicted molar refractivity (Wildman–Crippen MR) is 81.7 cm³/mol. The van der Waals surface area contributed by atoms with E-state index in [0.717, 1.165) is 35.6 Å². The zero-order valence-corrected chi connectivity index (χ0v) is 12.3. The minimum absolute atomic E-state index is 0.367. The maximum atomic E-state index is 11.4. The van der Waals surface area contributed by atoms with Crippen molar-refractivity contribution in [3.8, 4) is 0 Å². The van der Waals surface area contributed by atoms with E-state index in [1.165, 1.54) is 12.8 Å². The number of carboxylic acids is 1. The first-order valence-electron chi connectivity index (χ1n) is 6.93. The third-order valence-electron chi connectivity index (χ3n) is 3.70. The molecule has 20 heavy (non-hydrogen) atoms. The zero-order chi connectivity index (χ0) is 14.1. The number of nitrogens with zero attached hydrogens (tertiary/aromatic N) is 2. The molecule has 0 bridgehead atoms. The first-order valence-corrected chi connectivity index (χ1v) is 8.33. The molecule has 0 spiro atoms. The summed E-state index contributed by atoms with van der Waals surface area (Å²) in [6, 6.07) is 5.37. The molecule has 1 aliphatic rings. The number of imidazole rings is 1. The molecular formula is C15H18N2O2S. The molecule has 0 amide bonds. The van der Waals surface area contributed by atoms with E-state index in [2.05, 4.69) is 15.8 Å². The third-order valence-corrected chi connectivity index (χ3v) is 4.40. The first-order chi connectivity index (χ1) is 9.72. The summed E-state index contributed by atoms with van der Waals surface area (Å²) in [5.74, 6) is 1.82. The number of aromatic nitrogens is 2. The summed E-state index contributed by atoms with van der Waals surface area (Å²) >= 11 is 1.82. The lowest BCUT2D eigenvalue weighted by Crippen LogP contribution is -2.07. The van der Waals surface area contributed by atoms with Gasteiger partial charge in [-0.2, -0.15) is 11.8 Å². The molecule has 3 rings (SSSR count). The van der Waals surface area contributed by atoms with Crippen LogP contribution in [0.4, 0.5) is 0 Å². The summed E-state index contributed by atoms with van der Waals surface area (Å²) in [5, 5.41) is 9.40. The van der Waals surface area contributed by atoms with Crippen LogP contribution < -0.4 is 0 Å². The lowest BCUT2D eigenvalue weighted by Gasteiger charge is -2.09. The quantitative estimate of drug-likeness (QED) is 0.829. The normalized spacial score (nSPS) is 14.8. The topological polar surface area (TPSA) is 55.1 Å². The van der Waals surface area contributed by atoms with Gasteiger partial charge in [0.15, 0.2) is 0 Å². The molecule has 1 N–H and O–H groups in total. The number of hydrogen-bond acceptors (Lipinski definition) is 3. The van der Waals surface area contributed by atoms with E-state index in [-0.39, 0.29) is 0 Å². The maximum absolute atomic E-state index is 11.4. The van der Waals surface area contributed by atoms with Crippen molar-refractivity contribution in [1.82, 2.24) is 9.55 Å². The number of carboxylic acid groups (broad SMARTS) is 1. The summed E-state index contributed by atoms with van der Waals surface area (Å²) in [6.07, 6.45) is 5.49. The number of fused-ring (bicyclic) bond motifs is 1. The minimum Gasteiger partial charge on any atom is -0.478 e. The fraction of sp³-hybridized carbons (Fsp3) is 0.467. The van der Waals surface area contributed by atoms with Gasteiger partial charge in [0.25, 0.3) is 0 Å². The van der Waals surface area contributed by atoms with Crippen molar-refractivity contribution in [2.45, 2.75) is 31.7 Å². The van der Waals surface area contributed by atoms with Crippen LogP contribution in [0.15, 0.2) is 18.2 Å². The average molecular weight is 290 g/mol. The van der Waals surface area contributed by atoms with Crippen LogP contribution in [0.1, 0.15) is 41.4 Å². The largest absolute Gasteiger partial charge is 0.478 e. The number of rotatable bonds is 6. The summed E-state index contributed by atoms with van der Waals surface area (Å²) in [7, 11) is 0. The van der Waals surface area contributed by atoms with E-state index >= 15 is 0 Å². The van der Waals surface area contributed by atoms with Crippen molar-refractivity contribution in [2.75, 3.05) is 12.0 Å². The van der Waals surface area contributed by atoms with Gasteiger partial charge in [-0.1, -0.05) is 6.07 Å². The molecule has 0 radical (unpaired) electrons. The first kappa shape index (κ1) is 13.5. The van der Waals surface area contributed by atoms with Gasteiger partial charge in [-0.15, -0.1) is 0 Å². The number of carbonyl (C=O) groups is 1. The SMILES string of the molecule is CSCCCn1c(C2CC2)nc2cccc(C(=O)O)c21. The van der Waals surface area contributed by atoms with Crippen molar-refractivity contribution in [2.24, 2.45) is 0 Å². The molecule has 1 aliphatic carbocycles. The Bertz CT molecular complexity index is 647. The molecule has 106 valence electrons. The van der Waals surface area contributed by atoms with Gasteiger partial charge in [0.05, 0.1) is 16.6 Å². The molecule has 0 atom stereocenters. The van der Waals surface area contributed by atoms with Gasteiger partial charge < -0.3 is 9.67 Å². The van der Waals surface area contributed by atoms with Crippen molar-refractivity contribution in [1.29, 1.82) is 0 Å². The van der Waals surface area contributed by atoms with Crippen molar-refractivity contribution in [3.05, 3.63) is 29.6 Å². The summed E-state index contributed by atoms with van der Waals surface area (Å²) in [4.78, 5) is 16.1. The van der Waals surface area contributed by atoms with Crippen LogP contribution in [0.25, 0.3) is 11.0 Å². The van der Waals surface area contributed by atoms with Crippen molar-refractivity contribution >= 4 is 28.8 Å². The Balaban J connectivity index is 2.10. The highest BCUT2D eigenvalue weighted by atomic mass is 32.2. The standard InChI is InChI=1S/C15H18N2O2S/c1-20-9-3-8-17-13-11(15(18)19)4-2-5-12(13)16-14(17)10-6-7-10/h2,4-5,10H,3,6-9H2,1H3,(H,18,19). The summed E-state index contributed by atoms with van der Waals surface area (Å²) in [5.41, 5.74) is 1.98. The Labute approximate surface area is 122 Å². The van der Waals surface area contributed by atoms with E-state index in [0.29, 0.717) is 11.5 Å². The Morgan fingerprint density at radius 1 is 1.50 bits per heavy atom. The van der Waals surface area contributed by atoms with Gasteiger partial charge >= 0.3 is 5.97 Å². The Kier molecular flexibility index (Phi) is 3.70. The summed E-state index contributed by atoms with van der Waals surface area (Å²) in [6.45, 7) is 0.855. The third kappa shape index (κ3) is 2.42. The van der Waals surface area contributed by atoms with Gasteiger partial charge in [-0.3, -0.25) is 0 Å². The van der Waals surface area contributed by atoms with E-state index in [1.807, 2.05) is 17.8 Å². The fourth-order valence-electron chi connectivity index (χ4n) is 2.62. The predicted octanol–water partition coefficient (Wildman–Crippen LogP) is 3.37. The molecule has 1 aromatic carbocycles. The van der Waals surface area contributed by atoms with Gasteiger partial charge in [0.2, 0.25) is 0 Å². The maximum Gasteiger partial charge on any atom is 0.337 e. The average Bonchev–Trinajstić information content (AvgIpc) is 3.21. The summed E-state index contributed by atoms with van der Waals surface area (Å²) < 4.78 is 2.15. The molecule has 0 saturated heterocycles. The molecule has 0 unspecified atom stereocenters. The Morgan fingerprint density at radius 2 is 2.30 bits per heavy atom. The smallest absolute Gasteiger partial charge is 0.337 e. The van der Waals surface area contributed by atoms with E-state index < -0.39 is 5.97 Å². The molecule has 1 saturated carbocycles. The minimum atomic E-state index is -0.871. The second-order valence-corrected chi connectivity index (χ2v) is 6.21. The molecule has 5 heteroatoms. The Hall–Kier alpha value is -1.49. The molecule has 4 nitrogen and oxygen atoms in total. The monoisotopic (exact) mass is 290 g/mol. The highest BCUT2D eigenvalue weighted by Gasteiger charge is 2.30. The van der Waals surface area contributed by atoms with E-state index in [1.54, 1.807) is 12.1 Å². The van der Waals surface area contributed by atoms with Crippen molar-refractivity contribution < 1.29 is 9.90 Å². The van der Waals surface area contributed by atoms with E-state index in [9.17, 15) is 9.90 Å². The highest BCUT2D eigenvalue weighted by Crippen LogP contribution is 2.41. The molecule has 0 aliphatic heterocycles. The molecule has 1 heterocycles. The number of thioether (sulfide) groups is 1. The van der Waals surface area contributed by atoms with Crippen LogP contribution in [-0.2, 0) is 6.54 Å². The number of aryl methyl sites for hydroxylation is 1. The molecular weight excluding hydrogens is 272 g/mol. The molecule has 2 aromatic rings. The Morgan fingerprint density at radius 3 is 2.95 bits per heavy atom. The number of benzene rings is 1. The second kappa shape index (κ2) is 5.48. The number of aromatic carboxylic acids is 1. The van der Waals surface area contributed by atoms with Crippen LogP contribution in [-0.4, -0.2) is 32.6 Å². The lowest BCUT2D eigenvalue weighted by molar-refractivity contribution is 0.0698. The van der Waals surface area contributed by atoms with Crippen LogP contribution in [0.5, 0.6) is 0 Å². The second-order valence-electron chi connectivity index (χ2n) is 5.22. The molecule has 1 aromatic heterocycles. The number of para-hydroxylation sites is 1. The van der Waals surface area contributed by atoms with Crippen LogP contribution in [0.3, 0.4) is 0 Å². The van der Waals surface area contributed by atoms with Gasteiger partial charge in [0, 0.05) is 12.5 Å². The highest BCUT2D eigenvalue weighted by molar-refractivity contribution is 7.98. The van der Waals surface area contributed by atoms with Crippen LogP contribution in [0, 0.1) is 0 Å².